The number of nitrogens with zero attached hydrogens (tertiary/aromatic N) is 2. The number of furan rings is 1. The summed E-state index contributed by atoms with van der Waals surface area (Å²) in [4.78, 5) is 13.6. The van der Waals surface area contributed by atoms with Crippen molar-refractivity contribution in [3.8, 4) is 6.07 Å². The Balaban J connectivity index is 2.11. The van der Waals surface area contributed by atoms with E-state index < -0.39 is 5.97 Å². The summed E-state index contributed by atoms with van der Waals surface area (Å²) >= 11 is 0. The minimum Gasteiger partial charge on any atom is -0.462 e. The van der Waals surface area contributed by atoms with Crippen LogP contribution in [0.5, 0.6) is 0 Å². The molecule has 0 aliphatic carbocycles. The SMILES string of the molecule is CCOC(=O)/C(C#N)=C\c1ccc(N2CCOCC2)o1. The third-order valence-corrected chi connectivity index (χ3v) is 2.84. The first kappa shape index (κ1) is 14.2. The van der Waals surface area contributed by atoms with E-state index in [0.29, 0.717) is 24.9 Å². The molecule has 0 aromatic carbocycles. The summed E-state index contributed by atoms with van der Waals surface area (Å²) in [6, 6.07) is 5.36. The molecule has 2 rings (SSSR count). The highest BCUT2D eigenvalue weighted by atomic mass is 16.5. The first-order valence-corrected chi connectivity index (χ1v) is 6.46. The zero-order valence-corrected chi connectivity index (χ0v) is 11.3. The minimum atomic E-state index is -0.640. The average molecular weight is 276 g/mol. The Morgan fingerprint density at radius 2 is 2.25 bits per heavy atom. The van der Waals surface area contributed by atoms with Crippen molar-refractivity contribution in [3.63, 3.8) is 0 Å². The smallest absolute Gasteiger partial charge is 0.349 e. The Labute approximate surface area is 117 Å². The van der Waals surface area contributed by atoms with Crippen LogP contribution in [0, 0.1) is 11.3 Å². The van der Waals surface area contributed by atoms with Crippen molar-refractivity contribution in [3.05, 3.63) is 23.5 Å². The van der Waals surface area contributed by atoms with Gasteiger partial charge in [-0.3, -0.25) is 0 Å². The number of anilines is 1. The molecule has 0 amide bonds. The lowest BCUT2D eigenvalue weighted by atomic mass is 10.2. The standard InChI is InChI=1S/C14H16N2O4/c1-2-19-14(17)11(10-15)9-12-3-4-13(20-12)16-5-7-18-8-6-16/h3-4,9H,2,5-8H2,1H3/b11-9-. The van der Waals surface area contributed by atoms with Crippen molar-refractivity contribution in [1.82, 2.24) is 0 Å². The molecular formula is C14H16N2O4. The molecule has 106 valence electrons. The maximum Gasteiger partial charge on any atom is 0.349 e. The Bertz CT molecular complexity index is 536. The third-order valence-electron chi connectivity index (χ3n) is 2.84. The number of carbonyl (C=O) groups is 1. The number of ether oxygens (including phenoxy) is 2. The van der Waals surface area contributed by atoms with E-state index in [2.05, 4.69) is 4.90 Å². The van der Waals surface area contributed by atoms with Gasteiger partial charge in [0.05, 0.1) is 19.8 Å². The molecule has 1 aromatic heterocycles. The second-order valence-electron chi connectivity index (χ2n) is 4.17. The summed E-state index contributed by atoms with van der Waals surface area (Å²) in [5.41, 5.74) is -0.0743. The van der Waals surface area contributed by atoms with Crippen molar-refractivity contribution < 1.29 is 18.7 Å². The number of hydrogen-bond donors (Lipinski definition) is 0. The molecule has 1 saturated heterocycles. The van der Waals surface area contributed by atoms with Crippen molar-refractivity contribution in [2.45, 2.75) is 6.92 Å². The molecule has 0 radical (unpaired) electrons. The Hall–Kier alpha value is -2.26. The predicted octanol–water partition coefficient (Wildman–Crippen LogP) is 1.59. The predicted molar refractivity (Wildman–Crippen MR) is 72.0 cm³/mol. The van der Waals surface area contributed by atoms with E-state index >= 15 is 0 Å². The lowest BCUT2D eigenvalue weighted by Gasteiger charge is -2.26. The van der Waals surface area contributed by atoms with Gasteiger partial charge in [-0.15, -0.1) is 0 Å². The fourth-order valence-electron chi connectivity index (χ4n) is 1.86. The highest BCUT2D eigenvalue weighted by Crippen LogP contribution is 2.21. The van der Waals surface area contributed by atoms with Gasteiger partial charge in [-0.1, -0.05) is 0 Å². The average Bonchev–Trinajstić information content (AvgIpc) is 2.94. The molecule has 1 aliphatic rings. The fraction of sp³-hybridized carbons (Fsp3) is 0.429. The lowest BCUT2D eigenvalue weighted by Crippen LogP contribution is -2.35. The number of rotatable bonds is 4. The van der Waals surface area contributed by atoms with Crippen LogP contribution >= 0.6 is 0 Å². The Morgan fingerprint density at radius 3 is 2.90 bits per heavy atom. The van der Waals surface area contributed by atoms with E-state index in [4.69, 9.17) is 19.2 Å². The number of nitriles is 1. The monoisotopic (exact) mass is 276 g/mol. The van der Waals surface area contributed by atoms with E-state index in [1.165, 1.54) is 6.08 Å². The molecule has 20 heavy (non-hydrogen) atoms. The van der Waals surface area contributed by atoms with Gasteiger partial charge in [0.15, 0.2) is 5.88 Å². The lowest BCUT2D eigenvalue weighted by molar-refractivity contribution is -0.137. The maximum atomic E-state index is 11.5. The quantitative estimate of drug-likeness (QED) is 0.472. The van der Waals surface area contributed by atoms with Gasteiger partial charge in [-0.2, -0.15) is 5.26 Å². The first-order chi connectivity index (χ1) is 9.74. The van der Waals surface area contributed by atoms with Crippen molar-refractivity contribution in [2.24, 2.45) is 0 Å². The molecule has 2 heterocycles. The van der Waals surface area contributed by atoms with E-state index in [1.54, 1.807) is 13.0 Å². The van der Waals surface area contributed by atoms with Gasteiger partial charge in [0.1, 0.15) is 17.4 Å². The molecule has 1 aromatic rings. The van der Waals surface area contributed by atoms with E-state index in [9.17, 15) is 4.79 Å². The normalized spacial score (nSPS) is 15.8. The van der Waals surface area contributed by atoms with Gasteiger partial charge in [0, 0.05) is 25.2 Å². The molecule has 6 nitrogen and oxygen atoms in total. The third kappa shape index (κ3) is 3.39. The van der Waals surface area contributed by atoms with Crippen LogP contribution in [0.4, 0.5) is 5.88 Å². The van der Waals surface area contributed by atoms with E-state index in [1.807, 2.05) is 12.1 Å². The summed E-state index contributed by atoms with van der Waals surface area (Å²) in [7, 11) is 0. The number of hydrogen-bond acceptors (Lipinski definition) is 6. The summed E-state index contributed by atoms with van der Waals surface area (Å²) in [6.45, 7) is 4.78. The van der Waals surface area contributed by atoms with Crippen LogP contribution in [-0.2, 0) is 14.3 Å². The number of esters is 1. The summed E-state index contributed by atoms with van der Waals surface area (Å²) < 4.78 is 15.7. The van der Waals surface area contributed by atoms with Gasteiger partial charge >= 0.3 is 5.97 Å². The molecular weight excluding hydrogens is 260 g/mol. The van der Waals surface area contributed by atoms with Crippen LogP contribution in [0.3, 0.4) is 0 Å². The largest absolute Gasteiger partial charge is 0.462 e. The molecule has 0 saturated carbocycles. The molecule has 1 fully saturated rings. The van der Waals surface area contributed by atoms with Crippen molar-refractivity contribution in [1.29, 1.82) is 5.26 Å². The molecule has 0 N–H and O–H groups in total. The Kier molecular flexibility index (Phi) is 4.80. The van der Waals surface area contributed by atoms with Crippen LogP contribution in [0.15, 0.2) is 22.1 Å². The molecule has 6 heteroatoms. The van der Waals surface area contributed by atoms with Crippen LogP contribution in [0.25, 0.3) is 6.08 Å². The minimum absolute atomic E-state index is 0.0743. The zero-order chi connectivity index (χ0) is 14.4. The van der Waals surface area contributed by atoms with Crippen LogP contribution in [0.1, 0.15) is 12.7 Å². The Morgan fingerprint density at radius 1 is 1.50 bits per heavy atom. The number of morpholine rings is 1. The molecule has 1 aliphatic heterocycles. The summed E-state index contributed by atoms with van der Waals surface area (Å²) in [5, 5.41) is 8.95. The molecule has 0 spiro atoms. The van der Waals surface area contributed by atoms with Gasteiger partial charge in [0.25, 0.3) is 0 Å². The second-order valence-corrected chi connectivity index (χ2v) is 4.17. The van der Waals surface area contributed by atoms with E-state index in [-0.39, 0.29) is 12.2 Å². The van der Waals surface area contributed by atoms with Gasteiger partial charge in [-0.25, -0.2) is 4.79 Å². The second kappa shape index (κ2) is 6.78. The molecule has 0 atom stereocenters. The van der Waals surface area contributed by atoms with Crippen LogP contribution in [0.2, 0.25) is 0 Å². The van der Waals surface area contributed by atoms with Crippen LogP contribution in [-0.4, -0.2) is 38.9 Å². The van der Waals surface area contributed by atoms with Crippen molar-refractivity contribution in [2.75, 3.05) is 37.8 Å². The fourth-order valence-corrected chi connectivity index (χ4v) is 1.86. The van der Waals surface area contributed by atoms with Crippen molar-refractivity contribution >= 4 is 17.9 Å². The highest BCUT2D eigenvalue weighted by Gasteiger charge is 2.15. The van der Waals surface area contributed by atoms with Gasteiger partial charge in [0.2, 0.25) is 0 Å². The zero-order valence-electron chi connectivity index (χ0n) is 11.3. The van der Waals surface area contributed by atoms with Gasteiger partial charge in [-0.05, 0) is 13.0 Å². The maximum absolute atomic E-state index is 11.5. The molecule has 0 unspecified atom stereocenters. The van der Waals surface area contributed by atoms with E-state index in [0.717, 1.165) is 13.1 Å². The molecule has 0 bridgehead atoms. The summed E-state index contributed by atoms with van der Waals surface area (Å²) in [6.07, 6.45) is 1.39. The summed E-state index contributed by atoms with van der Waals surface area (Å²) in [5.74, 6) is 0.524. The highest BCUT2D eigenvalue weighted by molar-refractivity contribution is 5.97. The van der Waals surface area contributed by atoms with Gasteiger partial charge < -0.3 is 18.8 Å². The topological polar surface area (TPSA) is 75.7 Å². The first-order valence-electron chi connectivity index (χ1n) is 6.46. The number of carbonyl (C=O) groups excluding carboxylic acids is 1. The van der Waals surface area contributed by atoms with Crippen LogP contribution < -0.4 is 4.90 Å².